The summed E-state index contributed by atoms with van der Waals surface area (Å²) in [7, 11) is -4.33. The van der Waals surface area contributed by atoms with Gasteiger partial charge in [0.15, 0.2) is 6.10 Å². The quantitative estimate of drug-likeness (QED) is 0.615. The second-order valence-electron chi connectivity index (χ2n) is 6.41. The predicted molar refractivity (Wildman–Crippen MR) is 102 cm³/mol. The van der Waals surface area contributed by atoms with Crippen molar-refractivity contribution in [1.82, 2.24) is 14.7 Å². The van der Waals surface area contributed by atoms with Gasteiger partial charge in [0.2, 0.25) is 16.0 Å². The fourth-order valence-electron chi connectivity index (χ4n) is 2.23. The number of hydrogen-bond acceptors (Lipinski definition) is 7. The minimum atomic E-state index is -4.33. The van der Waals surface area contributed by atoms with E-state index < -0.39 is 50.7 Å². The van der Waals surface area contributed by atoms with E-state index in [1.165, 1.54) is 31.5 Å². The van der Waals surface area contributed by atoms with Crippen molar-refractivity contribution in [1.29, 1.82) is 0 Å². The summed E-state index contributed by atoms with van der Waals surface area (Å²) in [6.07, 6.45) is 1.60. The number of benzene rings is 1. The van der Waals surface area contributed by atoms with E-state index in [1.807, 2.05) is 0 Å². The van der Waals surface area contributed by atoms with Gasteiger partial charge in [0.05, 0.1) is 0 Å². The van der Waals surface area contributed by atoms with Gasteiger partial charge in [-0.3, -0.25) is 14.9 Å². The fourth-order valence-corrected chi connectivity index (χ4v) is 3.64. The number of nitrogens with one attached hydrogen (secondary N) is 2. The smallest absolute Gasteiger partial charge is 0.325 e. The zero-order valence-corrected chi connectivity index (χ0v) is 16.8. The highest BCUT2D eigenvalue weighted by molar-refractivity contribution is 7.89. The van der Waals surface area contributed by atoms with E-state index in [9.17, 15) is 22.4 Å². The molecule has 0 spiro atoms. The maximum atomic E-state index is 13.9. The Morgan fingerprint density at radius 2 is 1.69 bits per heavy atom. The van der Waals surface area contributed by atoms with Gasteiger partial charge in [-0.2, -0.15) is 4.72 Å². The standard InChI is InChI=1S/C18H21FN4O5S/c1-11(2)15(23-29(26,27)14-8-5-4-7-13(14)19)17(25)28-12(3)16(24)22-18-20-9-6-10-21-18/h4-12,15,23H,1-3H3,(H,20,21,22,24)/t12?,15-/m0/s1. The molecule has 0 bridgehead atoms. The van der Waals surface area contributed by atoms with Crippen LogP contribution in [0.2, 0.25) is 0 Å². The summed E-state index contributed by atoms with van der Waals surface area (Å²) >= 11 is 0. The predicted octanol–water partition coefficient (Wildman–Crippen LogP) is 1.49. The molecule has 0 fully saturated rings. The van der Waals surface area contributed by atoms with Crippen molar-refractivity contribution in [2.75, 3.05) is 5.32 Å². The number of hydrogen-bond donors (Lipinski definition) is 2. The maximum Gasteiger partial charge on any atom is 0.325 e. The Morgan fingerprint density at radius 1 is 1.07 bits per heavy atom. The first kappa shape index (κ1) is 22.4. The molecule has 1 unspecified atom stereocenters. The van der Waals surface area contributed by atoms with Crippen LogP contribution in [0.25, 0.3) is 0 Å². The summed E-state index contributed by atoms with van der Waals surface area (Å²) in [4.78, 5) is 31.7. The van der Waals surface area contributed by atoms with Gasteiger partial charge in [-0.15, -0.1) is 0 Å². The number of nitrogens with zero attached hydrogens (tertiary/aromatic N) is 2. The fraction of sp³-hybridized carbons (Fsp3) is 0.333. The van der Waals surface area contributed by atoms with Crippen LogP contribution < -0.4 is 10.0 Å². The van der Waals surface area contributed by atoms with Crippen LogP contribution in [0.1, 0.15) is 20.8 Å². The van der Waals surface area contributed by atoms with E-state index in [4.69, 9.17) is 4.74 Å². The van der Waals surface area contributed by atoms with E-state index >= 15 is 0 Å². The normalized spacial score (nSPS) is 13.6. The molecular weight excluding hydrogens is 403 g/mol. The molecular formula is C18H21FN4O5S. The number of carbonyl (C=O) groups is 2. The van der Waals surface area contributed by atoms with E-state index in [0.717, 1.165) is 12.1 Å². The lowest BCUT2D eigenvalue weighted by Crippen LogP contribution is -2.47. The summed E-state index contributed by atoms with van der Waals surface area (Å²) in [5.74, 6) is -3.12. The molecule has 2 atom stereocenters. The number of ether oxygens (including phenoxy) is 1. The highest BCUT2D eigenvalue weighted by atomic mass is 32.2. The number of amides is 1. The Morgan fingerprint density at radius 3 is 2.28 bits per heavy atom. The van der Waals surface area contributed by atoms with E-state index in [-0.39, 0.29) is 5.95 Å². The third kappa shape index (κ3) is 6.03. The first-order valence-corrected chi connectivity index (χ1v) is 10.2. The molecule has 1 aromatic heterocycles. The topological polar surface area (TPSA) is 127 Å². The Labute approximate surface area is 167 Å². The molecule has 2 N–H and O–H groups in total. The minimum Gasteiger partial charge on any atom is -0.451 e. The van der Waals surface area contributed by atoms with Crippen molar-refractivity contribution in [3.63, 3.8) is 0 Å². The van der Waals surface area contributed by atoms with Gasteiger partial charge < -0.3 is 4.74 Å². The Kier molecular flexibility index (Phi) is 7.35. The molecule has 9 nitrogen and oxygen atoms in total. The Balaban J connectivity index is 2.09. The van der Waals surface area contributed by atoms with Crippen LogP contribution in [0.3, 0.4) is 0 Å². The van der Waals surface area contributed by atoms with Crippen molar-refractivity contribution in [2.45, 2.75) is 37.8 Å². The summed E-state index contributed by atoms with van der Waals surface area (Å²) in [6, 6.07) is 5.01. The lowest BCUT2D eigenvalue weighted by molar-refractivity contribution is -0.155. The summed E-state index contributed by atoms with van der Waals surface area (Å²) < 4.78 is 46.1. The average molecular weight is 424 g/mol. The molecule has 2 rings (SSSR count). The molecule has 0 saturated carbocycles. The van der Waals surface area contributed by atoms with Crippen LogP contribution in [0.4, 0.5) is 10.3 Å². The first-order chi connectivity index (χ1) is 13.6. The molecule has 0 aliphatic rings. The van der Waals surface area contributed by atoms with Gasteiger partial charge in [0.25, 0.3) is 5.91 Å². The van der Waals surface area contributed by atoms with Crippen molar-refractivity contribution < 1.29 is 27.1 Å². The highest BCUT2D eigenvalue weighted by Crippen LogP contribution is 2.16. The summed E-state index contributed by atoms with van der Waals surface area (Å²) in [6.45, 7) is 4.48. The molecule has 0 aliphatic heterocycles. The van der Waals surface area contributed by atoms with Crippen LogP contribution in [-0.2, 0) is 24.3 Å². The van der Waals surface area contributed by atoms with Gasteiger partial charge >= 0.3 is 5.97 Å². The molecule has 11 heteroatoms. The van der Waals surface area contributed by atoms with Crippen LogP contribution in [0, 0.1) is 11.7 Å². The number of rotatable bonds is 8. The van der Waals surface area contributed by atoms with Crippen molar-refractivity contribution in [2.24, 2.45) is 5.92 Å². The van der Waals surface area contributed by atoms with Gasteiger partial charge in [0, 0.05) is 12.4 Å². The maximum absolute atomic E-state index is 13.9. The number of anilines is 1. The number of carbonyl (C=O) groups excluding carboxylic acids is 2. The van der Waals surface area contributed by atoms with E-state index in [1.54, 1.807) is 19.9 Å². The third-order valence-corrected chi connectivity index (χ3v) is 5.27. The third-order valence-electron chi connectivity index (χ3n) is 3.79. The molecule has 2 aromatic rings. The van der Waals surface area contributed by atoms with Crippen LogP contribution >= 0.6 is 0 Å². The van der Waals surface area contributed by atoms with Gasteiger partial charge in [-0.05, 0) is 31.0 Å². The van der Waals surface area contributed by atoms with Crippen LogP contribution in [0.15, 0.2) is 47.6 Å². The molecule has 0 radical (unpaired) electrons. The Hall–Kier alpha value is -2.92. The van der Waals surface area contributed by atoms with Crippen LogP contribution in [0.5, 0.6) is 0 Å². The highest BCUT2D eigenvalue weighted by Gasteiger charge is 2.32. The van der Waals surface area contributed by atoms with Gasteiger partial charge in [-0.1, -0.05) is 26.0 Å². The zero-order valence-electron chi connectivity index (χ0n) is 16.0. The van der Waals surface area contributed by atoms with E-state index in [2.05, 4.69) is 20.0 Å². The first-order valence-electron chi connectivity index (χ1n) is 8.67. The lowest BCUT2D eigenvalue weighted by atomic mass is 10.1. The SMILES string of the molecule is CC(OC(=O)[C@@H](NS(=O)(=O)c1ccccc1F)C(C)C)C(=O)Nc1ncccn1. The number of esters is 1. The average Bonchev–Trinajstić information content (AvgIpc) is 2.66. The second kappa shape index (κ2) is 9.52. The monoisotopic (exact) mass is 424 g/mol. The van der Waals surface area contributed by atoms with Crippen molar-refractivity contribution in [3.05, 3.63) is 48.5 Å². The van der Waals surface area contributed by atoms with Gasteiger partial charge in [-0.25, -0.2) is 22.8 Å². The molecule has 156 valence electrons. The lowest BCUT2D eigenvalue weighted by Gasteiger charge is -2.22. The summed E-state index contributed by atoms with van der Waals surface area (Å²) in [5, 5.41) is 2.37. The molecule has 1 aromatic carbocycles. The number of halogens is 1. The largest absolute Gasteiger partial charge is 0.451 e. The van der Waals surface area contributed by atoms with Crippen LogP contribution in [-0.4, -0.2) is 42.4 Å². The van der Waals surface area contributed by atoms with Crippen molar-refractivity contribution >= 4 is 27.8 Å². The molecule has 29 heavy (non-hydrogen) atoms. The van der Waals surface area contributed by atoms with Crippen molar-refractivity contribution in [3.8, 4) is 0 Å². The van der Waals surface area contributed by atoms with E-state index in [0.29, 0.717) is 0 Å². The molecule has 1 heterocycles. The Bertz CT molecular complexity index is 969. The summed E-state index contributed by atoms with van der Waals surface area (Å²) in [5.41, 5.74) is 0. The number of sulfonamides is 1. The zero-order chi connectivity index (χ0) is 21.6. The molecule has 0 saturated heterocycles. The number of aromatic nitrogens is 2. The molecule has 0 aliphatic carbocycles. The second-order valence-corrected chi connectivity index (χ2v) is 8.10. The van der Waals surface area contributed by atoms with Gasteiger partial charge in [0.1, 0.15) is 16.8 Å². The minimum absolute atomic E-state index is 0.0288. The molecule has 1 amide bonds.